The minimum atomic E-state index is -4.97. The summed E-state index contributed by atoms with van der Waals surface area (Å²) in [6.07, 6.45) is -10.7. The van der Waals surface area contributed by atoms with Gasteiger partial charge >= 0.3 is 18.4 Å². The number of amides is 2. The summed E-state index contributed by atoms with van der Waals surface area (Å²) < 4.78 is 86.9. The van der Waals surface area contributed by atoms with Crippen LogP contribution in [0, 0.1) is 0 Å². The van der Waals surface area contributed by atoms with Gasteiger partial charge in [-0.2, -0.15) is 26.3 Å². The second kappa shape index (κ2) is 10.0. The molecule has 2 fully saturated rings. The molecule has 2 aliphatic heterocycles. The summed E-state index contributed by atoms with van der Waals surface area (Å²) in [5.41, 5.74) is -0.634. The van der Waals surface area contributed by atoms with Crippen molar-refractivity contribution in [3.63, 3.8) is 0 Å². The molecule has 2 heterocycles. The number of nitrogens with zero attached hydrogens (tertiary/aromatic N) is 3. The van der Waals surface area contributed by atoms with Gasteiger partial charge < -0.3 is 19.3 Å². The predicted molar refractivity (Wildman–Crippen MR) is 101 cm³/mol. The van der Waals surface area contributed by atoms with Gasteiger partial charge in [-0.1, -0.05) is 0 Å². The zero-order valence-corrected chi connectivity index (χ0v) is 18.3. The van der Waals surface area contributed by atoms with Crippen LogP contribution in [0.4, 0.5) is 31.1 Å². The summed E-state index contributed by atoms with van der Waals surface area (Å²) in [5, 5.41) is 0. The summed E-state index contributed by atoms with van der Waals surface area (Å²) in [7, 11) is 0. The first-order valence-electron chi connectivity index (χ1n) is 10.3. The maximum Gasteiger partial charge on any atom is 0.410 e. The molecule has 2 amide bonds. The molecule has 0 bridgehead atoms. The summed E-state index contributed by atoms with van der Waals surface area (Å²) in [6.45, 7) is 2.33. The van der Waals surface area contributed by atoms with Crippen molar-refractivity contribution in [1.82, 2.24) is 14.7 Å². The molecule has 0 aliphatic carbocycles. The largest absolute Gasteiger partial charge is 0.444 e. The Morgan fingerprint density at radius 1 is 0.969 bits per heavy atom. The molecule has 2 aliphatic rings. The number of alkyl halides is 6. The highest BCUT2D eigenvalue weighted by Gasteiger charge is 2.43. The second-order valence-corrected chi connectivity index (χ2v) is 8.98. The number of ether oxygens (including phenoxy) is 2. The quantitative estimate of drug-likeness (QED) is 0.583. The smallest absolute Gasteiger partial charge is 0.410 e. The van der Waals surface area contributed by atoms with Crippen LogP contribution in [0.15, 0.2) is 0 Å². The number of carbonyl (C=O) groups is 2. The highest BCUT2D eigenvalue weighted by molar-refractivity contribution is 5.81. The third-order valence-corrected chi connectivity index (χ3v) is 5.06. The minimum absolute atomic E-state index is 0.00849. The van der Waals surface area contributed by atoms with Crippen molar-refractivity contribution in [3.05, 3.63) is 0 Å². The Morgan fingerprint density at radius 2 is 1.50 bits per heavy atom. The third-order valence-electron chi connectivity index (χ3n) is 5.06. The summed E-state index contributed by atoms with van der Waals surface area (Å²) in [6, 6.07) is -0.0773. The number of carbonyl (C=O) groups excluding carboxylic acids is 2. The molecule has 32 heavy (non-hydrogen) atoms. The Morgan fingerprint density at radius 3 is 1.97 bits per heavy atom. The molecule has 186 valence electrons. The standard InChI is InChI=1S/C19H29F6N3O4/c1-17(2,3)32-16(30)26-6-4-13(5-7-26)27-8-9-31-14(10-27)15(29)28(11-18(20,21)22)12-19(23,24)25/h13-14H,4-12H2,1-3H3. The van der Waals surface area contributed by atoms with E-state index >= 15 is 0 Å². The SMILES string of the molecule is CC(C)(C)OC(=O)N1CCC(N2CCOC(C(=O)N(CC(F)(F)F)CC(F)(F)F)C2)CC1. The molecular formula is C19H29F6N3O4. The first kappa shape index (κ1) is 26.5. The van der Waals surface area contributed by atoms with Crippen molar-refractivity contribution in [2.45, 2.75) is 63.7 Å². The van der Waals surface area contributed by atoms with Gasteiger partial charge in [-0.05, 0) is 33.6 Å². The number of hydrogen-bond acceptors (Lipinski definition) is 5. The number of halogens is 6. The number of likely N-dealkylation sites (tertiary alicyclic amines) is 1. The summed E-state index contributed by atoms with van der Waals surface area (Å²) >= 11 is 0. The molecule has 0 spiro atoms. The van der Waals surface area contributed by atoms with Gasteiger partial charge in [0.2, 0.25) is 0 Å². The van der Waals surface area contributed by atoms with E-state index in [1.807, 2.05) is 4.90 Å². The van der Waals surface area contributed by atoms with Crippen LogP contribution in [0.2, 0.25) is 0 Å². The topological polar surface area (TPSA) is 62.3 Å². The van der Waals surface area contributed by atoms with Crippen molar-refractivity contribution in [1.29, 1.82) is 0 Å². The molecule has 1 atom stereocenters. The Balaban J connectivity index is 1.96. The molecular weight excluding hydrogens is 448 g/mol. The molecule has 0 radical (unpaired) electrons. The van der Waals surface area contributed by atoms with Gasteiger partial charge in [-0.3, -0.25) is 9.69 Å². The summed E-state index contributed by atoms with van der Waals surface area (Å²) in [4.78, 5) is 27.8. The number of morpholine rings is 1. The first-order valence-corrected chi connectivity index (χ1v) is 10.3. The highest BCUT2D eigenvalue weighted by atomic mass is 19.4. The van der Waals surface area contributed by atoms with Crippen molar-refractivity contribution >= 4 is 12.0 Å². The van der Waals surface area contributed by atoms with Crippen LogP contribution in [0.25, 0.3) is 0 Å². The molecule has 0 N–H and O–H groups in total. The van der Waals surface area contributed by atoms with Crippen molar-refractivity contribution in [2.75, 3.05) is 45.9 Å². The zero-order valence-electron chi connectivity index (χ0n) is 18.3. The minimum Gasteiger partial charge on any atom is -0.444 e. The molecule has 0 aromatic heterocycles. The van der Waals surface area contributed by atoms with Crippen molar-refractivity contribution in [2.24, 2.45) is 0 Å². The maximum absolute atomic E-state index is 12.7. The van der Waals surface area contributed by atoms with E-state index in [-0.39, 0.29) is 24.1 Å². The molecule has 2 saturated heterocycles. The van der Waals surface area contributed by atoms with Crippen LogP contribution < -0.4 is 0 Å². The fourth-order valence-electron chi connectivity index (χ4n) is 3.74. The van der Waals surface area contributed by atoms with Crippen LogP contribution >= 0.6 is 0 Å². The maximum atomic E-state index is 12.7. The monoisotopic (exact) mass is 477 g/mol. The van der Waals surface area contributed by atoms with Gasteiger partial charge in [0.1, 0.15) is 24.8 Å². The molecule has 0 saturated carbocycles. The van der Waals surface area contributed by atoms with E-state index in [1.165, 1.54) is 0 Å². The summed E-state index contributed by atoms with van der Waals surface area (Å²) in [5.74, 6) is -1.34. The third kappa shape index (κ3) is 8.64. The van der Waals surface area contributed by atoms with Gasteiger partial charge in [-0.15, -0.1) is 0 Å². The first-order chi connectivity index (χ1) is 14.5. The van der Waals surface area contributed by atoms with Crippen LogP contribution in [0.1, 0.15) is 33.6 Å². The van der Waals surface area contributed by atoms with E-state index in [0.717, 1.165) is 0 Å². The normalized spacial score (nSPS) is 22.0. The molecule has 0 aromatic carbocycles. The molecule has 13 heteroatoms. The molecule has 7 nitrogen and oxygen atoms in total. The van der Waals surface area contributed by atoms with Gasteiger partial charge in [0.05, 0.1) is 6.61 Å². The van der Waals surface area contributed by atoms with Crippen molar-refractivity contribution in [3.8, 4) is 0 Å². The van der Waals surface area contributed by atoms with E-state index in [9.17, 15) is 35.9 Å². The van der Waals surface area contributed by atoms with E-state index in [4.69, 9.17) is 9.47 Å². The van der Waals surface area contributed by atoms with Crippen LogP contribution in [-0.4, -0.2) is 103 Å². The Labute approximate surface area is 182 Å². The van der Waals surface area contributed by atoms with Gasteiger partial charge in [0.25, 0.3) is 5.91 Å². The Hall–Kier alpha value is -1.76. The lowest BCUT2D eigenvalue weighted by Gasteiger charge is -2.42. The average Bonchev–Trinajstić information content (AvgIpc) is 2.63. The van der Waals surface area contributed by atoms with Crippen LogP contribution in [0.3, 0.4) is 0 Å². The number of rotatable bonds is 4. The Bertz CT molecular complexity index is 641. The average molecular weight is 477 g/mol. The number of piperidine rings is 1. The van der Waals surface area contributed by atoms with Crippen molar-refractivity contribution < 1.29 is 45.4 Å². The lowest BCUT2D eigenvalue weighted by atomic mass is 10.0. The zero-order chi connectivity index (χ0) is 24.3. The van der Waals surface area contributed by atoms with Gasteiger partial charge in [0.15, 0.2) is 0 Å². The van der Waals surface area contributed by atoms with E-state index in [1.54, 1.807) is 25.7 Å². The predicted octanol–water partition coefficient (Wildman–Crippen LogP) is 3.04. The van der Waals surface area contributed by atoms with E-state index in [2.05, 4.69) is 0 Å². The van der Waals surface area contributed by atoms with E-state index in [0.29, 0.717) is 32.5 Å². The number of hydrogen-bond donors (Lipinski definition) is 0. The van der Waals surface area contributed by atoms with Crippen LogP contribution in [0.5, 0.6) is 0 Å². The second-order valence-electron chi connectivity index (χ2n) is 8.98. The lowest BCUT2D eigenvalue weighted by Crippen LogP contribution is -2.57. The highest BCUT2D eigenvalue weighted by Crippen LogP contribution is 2.25. The fraction of sp³-hybridized carbons (Fsp3) is 0.895. The van der Waals surface area contributed by atoms with Gasteiger partial charge in [-0.25, -0.2) is 4.79 Å². The lowest BCUT2D eigenvalue weighted by molar-refractivity contribution is -0.195. The molecule has 0 aromatic rings. The van der Waals surface area contributed by atoms with E-state index < -0.39 is 49.1 Å². The molecule has 2 rings (SSSR count). The van der Waals surface area contributed by atoms with Crippen LogP contribution in [-0.2, 0) is 14.3 Å². The molecule has 1 unspecified atom stereocenters. The fourth-order valence-corrected chi connectivity index (χ4v) is 3.74. The Kier molecular flexibility index (Phi) is 8.30. The van der Waals surface area contributed by atoms with Gasteiger partial charge in [0, 0.05) is 32.2 Å².